The van der Waals surface area contributed by atoms with Crippen LogP contribution >= 0.6 is 11.6 Å². The van der Waals surface area contributed by atoms with Crippen LogP contribution in [0.2, 0.25) is 5.02 Å². The molecule has 0 radical (unpaired) electrons. The first-order chi connectivity index (χ1) is 7.55. The highest BCUT2D eigenvalue weighted by Crippen LogP contribution is 2.17. The Balaban J connectivity index is 2.02. The van der Waals surface area contributed by atoms with Gasteiger partial charge in [0, 0.05) is 12.2 Å². The predicted octanol–water partition coefficient (Wildman–Crippen LogP) is 1.72. The Hall–Kier alpha value is -0.810. The lowest BCUT2D eigenvalue weighted by Crippen LogP contribution is -2.35. The van der Waals surface area contributed by atoms with Crippen LogP contribution in [-0.4, -0.2) is 30.9 Å². The molecule has 1 saturated heterocycles. The first-order valence-corrected chi connectivity index (χ1v) is 7.34. The van der Waals surface area contributed by atoms with Crippen molar-refractivity contribution in [1.82, 2.24) is 4.98 Å². The number of nitrogens with one attached hydrogen (secondary N) is 1. The topological polar surface area (TPSA) is 59.1 Å². The molecule has 1 aliphatic rings. The van der Waals surface area contributed by atoms with E-state index in [1.54, 1.807) is 18.3 Å². The summed E-state index contributed by atoms with van der Waals surface area (Å²) >= 11 is 5.71. The molecule has 0 aromatic carbocycles. The van der Waals surface area contributed by atoms with Crippen molar-refractivity contribution in [1.29, 1.82) is 0 Å². The molecule has 4 nitrogen and oxygen atoms in total. The van der Waals surface area contributed by atoms with Gasteiger partial charge < -0.3 is 5.32 Å². The number of aromatic nitrogens is 1. The van der Waals surface area contributed by atoms with Crippen LogP contribution in [0.5, 0.6) is 0 Å². The first kappa shape index (κ1) is 11.7. The summed E-state index contributed by atoms with van der Waals surface area (Å²) in [6.45, 7) is 0. The molecule has 1 aliphatic heterocycles. The van der Waals surface area contributed by atoms with E-state index >= 15 is 0 Å². The van der Waals surface area contributed by atoms with Crippen molar-refractivity contribution in [3.8, 4) is 0 Å². The zero-order valence-corrected chi connectivity index (χ0v) is 10.3. The number of rotatable bonds is 2. The van der Waals surface area contributed by atoms with Gasteiger partial charge in [0.2, 0.25) is 0 Å². The van der Waals surface area contributed by atoms with Gasteiger partial charge in [0.15, 0.2) is 9.84 Å². The van der Waals surface area contributed by atoms with Gasteiger partial charge in [-0.2, -0.15) is 0 Å². The number of hydrogen-bond donors (Lipinski definition) is 1. The van der Waals surface area contributed by atoms with E-state index < -0.39 is 9.84 Å². The van der Waals surface area contributed by atoms with Crippen LogP contribution in [0.1, 0.15) is 12.8 Å². The van der Waals surface area contributed by atoms with Gasteiger partial charge in [-0.05, 0) is 25.0 Å². The number of anilines is 1. The fourth-order valence-corrected chi connectivity index (χ4v) is 3.56. The molecule has 0 aliphatic carbocycles. The molecule has 2 rings (SSSR count). The van der Waals surface area contributed by atoms with Crippen molar-refractivity contribution in [2.45, 2.75) is 18.9 Å². The van der Waals surface area contributed by atoms with Crippen molar-refractivity contribution < 1.29 is 8.42 Å². The third-order valence-electron chi connectivity index (χ3n) is 2.54. The predicted molar refractivity (Wildman–Crippen MR) is 64.5 cm³/mol. The van der Waals surface area contributed by atoms with Crippen LogP contribution in [0, 0.1) is 0 Å². The molecule has 1 atom stereocenters. The van der Waals surface area contributed by atoms with E-state index in [1.807, 2.05) is 0 Å². The van der Waals surface area contributed by atoms with Gasteiger partial charge in [0.1, 0.15) is 5.82 Å². The molecule has 16 heavy (non-hydrogen) atoms. The van der Waals surface area contributed by atoms with Crippen molar-refractivity contribution in [3.05, 3.63) is 23.4 Å². The molecule has 1 N–H and O–H groups in total. The number of nitrogens with zero attached hydrogens (tertiary/aromatic N) is 1. The summed E-state index contributed by atoms with van der Waals surface area (Å²) in [6.07, 6.45) is 3.12. The van der Waals surface area contributed by atoms with Gasteiger partial charge in [-0.3, -0.25) is 0 Å². The highest BCUT2D eigenvalue weighted by atomic mass is 35.5. The molecule has 0 saturated carbocycles. The lowest BCUT2D eigenvalue weighted by Gasteiger charge is -2.23. The molecule has 0 amide bonds. The van der Waals surface area contributed by atoms with Crippen LogP contribution in [-0.2, 0) is 9.84 Å². The first-order valence-electron chi connectivity index (χ1n) is 5.14. The molecule has 2 heterocycles. The van der Waals surface area contributed by atoms with Gasteiger partial charge in [0.25, 0.3) is 0 Å². The monoisotopic (exact) mass is 260 g/mol. The van der Waals surface area contributed by atoms with Gasteiger partial charge in [-0.25, -0.2) is 13.4 Å². The van der Waals surface area contributed by atoms with Crippen molar-refractivity contribution in [3.63, 3.8) is 0 Å². The van der Waals surface area contributed by atoms with Crippen LogP contribution in [0.4, 0.5) is 5.82 Å². The van der Waals surface area contributed by atoms with Gasteiger partial charge in [-0.1, -0.05) is 11.6 Å². The third kappa shape index (κ3) is 3.09. The molecule has 1 unspecified atom stereocenters. The maximum atomic E-state index is 11.4. The standard InChI is InChI=1S/C10H13ClN2O2S/c11-8-3-4-10(12-6-8)13-9-2-1-5-16(14,15)7-9/h3-4,6,9H,1-2,5,7H2,(H,12,13). The Morgan fingerprint density at radius 2 is 2.25 bits per heavy atom. The average Bonchev–Trinajstić information content (AvgIpc) is 2.20. The molecule has 0 bridgehead atoms. The van der Waals surface area contributed by atoms with E-state index in [4.69, 9.17) is 11.6 Å². The van der Waals surface area contributed by atoms with Gasteiger partial charge >= 0.3 is 0 Å². The molecular weight excluding hydrogens is 248 g/mol. The molecule has 1 aromatic rings. The molecule has 1 aromatic heterocycles. The van der Waals surface area contributed by atoms with Crippen molar-refractivity contribution >= 4 is 27.3 Å². The fraction of sp³-hybridized carbons (Fsp3) is 0.500. The van der Waals surface area contributed by atoms with E-state index in [0.29, 0.717) is 23.0 Å². The zero-order chi connectivity index (χ0) is 11.6. The Morgan fingerprint density at radius 1 is 1.44 bits per heavy atom. The molecular formula is C10H13ClN2O2S. The molecule has 1 fully saturated rings. The summed E-state index contributed by atoms with van der Waals surface area (Å²) in [5.41, 5.74) is 0. The van der Waals surface area contributed by atoms with Crippen LogP contribution < -0.4 is 5.32 Å². The van der Waals surface area contributed by atoms with Crippen LogP contribution in [0.3, 0.4) is 0 Å². The summed E-state index contributed by atoms with van der Waals surface area (Å²) in [5, 5.41) is 3.69. The largest absolute Gasteiger partial charge is 0.366 e. The minimum absolute atomic E-state index is 0.0348. The van der Waals surface area contributed by atoms with E-state index in [0.717, 1.165) is 6.42 Å². The Kier molecular flexibility index (Phi) is 3.35. The van der Waals surface area contributed by atoms with Crippen LogP contribution in [0.15, 0.2) is 18.3 Å². The lowest BCUT2D eigenvalue weighted by molar-refractivity contribution is 0.561. The zero-order valence-electron chi connectivity index (χ0n) is 8.69. The number of halogens is 1. The fourth-order valence-electron chi connectivity index (χ4n) is 1.81. The van der Waals surface area contributed by atoms with Crippen molar-refractivity contribution in [2.75, 3.05) is 16.8 Å². The Bertz CT molecular complexity index is 458. The van der Waals surface area contributed by atoms with Gasteiger partial charge in [-0.15, -0.1) is 0 Å². The third-order valence-corrected chi connectivity index (χ3v) is 4.59. The highest BCUT2D eigenvalue weighted by molar-refractivity contribution is 7.91. The summed E-state index contributed by atoms with van der Waals surface area (Å²) in [4.78, 5) is 4.08. The minimum atomic E-state index is -2.88. The second-order valence-electron chi connectivity index (χ2n) is 3.96. The highest BCUT2D eigenvalue weighted by Gasteiger charge is 2.24. The average molecular weight is 261 g/mol. The second kappa shape index (κ2) is 4.59. The summed E-state index contributed by atoms with van der Waals surface area (Å²) in [6, 6.07) is 3.45. The van der Waals surface area contributed by atoms with E-state index in [-0.39, 0.29) is 11.8 Å². The summed E-state index contributed by atoms with van der Waals surface area (Å²) < 4.78 is 22.8. The van der Waals surface area contributed by atoms with Crippen molar-refractivity contribution in [2.24, 2.45) is 0 Å². The summed E-state index contributed by atoms with van der Waals surface area (Å²) in [5.74, 6) is 1.17. The lowest BCUT2D eigenvalue weighted by atomic mass is 10.2. The van der Waals surface area contributed by atoms with Gasteiger partial charge in [0.05, 0.1) is 16.5 Å². The summed E-state index contributed by atoms with van der Waals surface area (Å²) in [7, 11) is -2.88. The Labute approximate surface area is 99.9 Å². The molecule has 88 valence electrons. The molecule has 0 spiro atoms. The minimum Gasteiger partial charge on any atom is -0.366 e. The van der Waals surface area contributed by atoms with E-state index in [1.165, 1.54) is 0 Å². The van der Waals surface area contributed by atoms with Crippen LogP contribution in [0.25, 0.3) is 0 Å². The SMILES string of the molecule is O=S1(=O)CCCC(Nc2ccc(Cl)cn2)C1. The normalized spacial score (nSPS) is 23.9. The number of hydrogen-bond acceptors (Lipinski definition) is 4. The number of pyridine rings is 1. The van der Waals surface area contributed by atoms with E-state index in [2.05, 4.69) is 10.3 Å². The maximum absolute atomic E-state index is 11.4. The Morgan fingerprint density at radius 3 is 2.88 bits per heavy atom. The maximum Gasteiger partial charge on any atom is 0.152 e. The van der Waals surface area contributed by atoms with E-state index in [9.17, 15) is 8.42 Å². The second-order valence-corrected chi connectivity index (χ2v) is 6.62. The quantitative estimate of drug-likeness (QED) is 0.880. The molecule has 6 heteroatoms. The smallest absolute Gasteiger partial charge is 0.152 e. The number of sulfone groups is 1.